The minimum Gasteiger partial charge on any atom is -0.475 e. The van der Waals surface area contributed by atoms with Crippen molar-refractivity contribution >= 4 is 16.9 Å². The molecule has 0 radical (unpaired) electrons. The lowest BCUT2D eigenvalue weighted by Gasteiger charge is -2.18. The van der Waals surface area contributed by atoms with Crippen molar-refractivity contribution in [3.05, 3.63) is 84.1 Å². The molecule has 0 amide bonds. The minimum atomic E-state index is -0.277. The third-order valence-corrected chi connectivity index (χ3v) is 7.20. The van der Waals surface area contributed by atoms with Crippen molar-refractivity contribution in [2.45, 2.75) is 45.6 Å². The monoisotopic (exact) mass is 522 g/mol. The van der Waals surface area contributed by atoms with E-state index in [0.717, 1.165) is 77.2 Å². The number of para-hydroxylation sites is 1. The zero-order chi connectivity index (χ0) is 26.8. The molecule has 1 aliphatic heterocycles. The van der Waals surface area contributed by atoms with Crippen molar-refractivity contribution in [1.29, 1.82) is 0 Å². The summed E-state index contributed by atoms with van der Waals surface area (Å²) in [5.41, 5.74) is 5.35. The summed E-state index contributed by atoms with van der Waals surface area (Å²) < 4.78 is 22.3. The number of unbranched alkanes of at least 4 members (excludes halogenated alkanes) is 1. The maximum absolute atomic E-state index is 13.8. The van der Waals surface area contributed by atoms with Crippen LogP contribution in [-0.4, -0.2) is 37.7 Å². The fraction of sp³-hybridized carbons (Fsp3) is 0.290. The van der Waals surface area contributed by atoms with Gasteiger partial charge in [0.05, 0.1) is 28.6 Å². The molecule has 8 heteroatoms. The molecule has 2 aromatic carbocycles. The first-order valence-electron chi connectivity index (χ1n) is 13.5. The van der Waals surface area contributed by atoms with E-state index in [1.54, 1.807) is 18.3 Å². The number of halogens is 1. The lowest BCUT2D eigenvalue weighted by Crippen LogP contribution is -2.16. The highest BCUT2D eigenvalue weighted by molar-refractivity contribution is 5.82. The number of ether oxygens (including phenoxy) is 1. The van der Waals surface area contributed by atoms with Crippen LogP contribution >= 0.6 is 0 Å². The van der Waals surface area contributed by atoms with Crippen LogP contribution in [0, 0.1) is 12.7 Å². The lowest BCUT2D eigenvalue weighted by molar-refractivity contribution is 0.248. The second kappa shape index (κ2) is 10.8. The third-order valence-electron chi connectivity index (χ3n) is 7.20. The van der Waals surface area contributed by atoms with Gasteiger partial charge in [0.25, 0.3) is 0 Å². The van der Waals surface area contributed by atoms with Crippen LogP contribution in [0.4, 0.5) is 10.3 Å². The molecule has 4 heterocycles. The first-order chi connectivity index (χ1) is 19.1. The van der Waals surface area contributed by atoms with E-state index in [1.807, 2.05) is 30.3 Å². The van der Waals surface area contributed by atoms with Gasteiger partial charge in [0.15, 0.2) is 0 Å². The Morgan fingerprint density at radius 3 is 2.74 bits per heavy atom. The average molecular weight is 523 g/mol. The Kier molecular flexibility index (Phi) is 6.92. The highest BCUT2D eigenvalue weighted by Crippen LogP contribution is 2.39. The van der Waals surface area contributed by atoms with Crippen LogP contribution in [0.1, 0.15) is 43.6 Å². The molecule has 0 bridgehead atoms. The molecule has 39 heavy (non-hydrogen) atoms. The number of aromatic nitrogens is 5. The summed E-state index contributed by atoms with van der Waals surface area (Å²) in [6, 6.07) is 18.5. The summed E-state index contributed by atoms with van der Waals surface area (Å²) in [6.07, 6.45) is 5.62. The molecule has 1 aliphatic rings. The predicted octanol–water partition coefficient (Wildman–Crippen LogP) is 6.78. The van der Waals surface area contributed by atoms with Gasteiger partial charge in [-0.1, -0.05) is 31.5 Å². The second-order valence-corrected chi connectivity index (χ2v) is 9.95. The molecule has 0 saturated carbocycles. The van der Waals surface area contributed by atoms with Crippen LogP contribution in [0.5, 0.6) is 5.88 Å². The van der Waals surface area contributed by atoms with Crippen LogP contribution in [-0.2, 0) is 6.42 Å². The predicted molar refractivity (Wildman–Crippen MR) is 151 cm³/mol. The maximum Gasteiger partial charge on any atom is 0.223 e. The van der Waals surface area contributed by atoms with Gasteiger partial charge in [-0.15, -0.1) is 0 Å². The van der Waals surface area contributed by atoms with Gasteiger partial charge >= 0.3 is 0 Å². The molecule has 3 aromatic heterocycles. The molecule has 1 unspecified atom stereocenters. The molecular weight excluding hydrogens is 491 g/mol. The number of nitrogens with zero attached hydrogens (tertiary/aromatic N) is 5. The number of fused-ring (bicyclic) bond motifs is 2. The number of aryl methyl sites for hydroxylation is 2. The lowest BCUT2D eigenvalue weighted by atomic mass is 10.1. The van der Waals surface area contributed by atoms with Crippen LogP contribution in [0.2, 0.25) is 0 Å². The van der Waals surface area contributed by atoms with Crippen molar-refractivity contribution < 1.29 is 9.13 Å². The fourth-order valence-corrected chi connectivity index (χ4v) is 5.21. The summed E-state index contributed by atoms with van der Waals surface area (Å²) in [4.78, 5) is 19.0. The Labute approximate surface area is 227 Å². The number of nitrogens with one attached hydrogen (secondary N) is 1. The molecule has 0 spiro atoms. The number of benzene rings is 2. The van der Waals surface area contributed by atoms with E-state index in [9.17, 15) is 4.39 Å². The number of hydrogen-bond donors (Lipinski definition) is 1. The van der Waals surface area contributed by atoms with Gasteiger partial charge in [-0.25, -0.2) is 24.3 Å². The first kappa shape index (κ1) is 25.0. The van der Waals surface area contributed by atoms with Crippen LogP contribution in [0.25, 0.3) is 33.5 Å². The minimum absolute atomic E-state index is 0.0525. The normalized spacial score (nSPS) is 14.5. The molecule has 0 saturated heterocycles. The van der Waals surface area contributed by atoms with Gasteiger partial charge in [0.1, 0.15) is 18.2 Å². The van der Waals surface area contributed by atoms with E-state index in [1.165, 1.54) is 12.1 Å². The van der Waals surface area contributed by atoms with Gasteiger partial charge in [-0.05, 0) is 61.7 Å². The van der Waals surface area contributed by atoms with Gasteiger partial charge < -0.3 is 14.6 Å². The van der Waals surface area contributed by atoms with Crippen molar-refractivity contribution in [3.63, 3.8) is 0 Å². The van der Waals surface area contributed by atoms with Crippen molar-refractivity contribution in [3.8, 4) is 28.5 Å². The fourth-order valence-electron chi connectivity index (χ4n) is 5.21. The van der Waals surface area contributed by atoms with E-state index in [2.05, 4.69) is 34.8 Å². The summed E-state index contributed by atoms with van der Waals surface area (Å²) in [6.45, 7) is 5.50. The zero-order valence-electron chi connectivity index (χ0n) is 22.2. The molecule has 6 rings (SSSR count). The highest BCUT2D eigenvalue weighted by Gasteiger charge is 2.31. The van der Waals surface area contributed by atoms with Crippen LogP contribution in [0.15, 0.2) is 66.9 Å². The molecular formula is C31H31FN6O. The number of pyridine rings is 1. The maximum atomic E-state index is 13.8. The Morgan fingerprint density at radius 1 is 1.05 bits per heavy atom. The Morgan fingerprint density at radius 2 is 1.90 bits per heavy atom. The SMILES string of the molecule is CCCCNc1nccc(-c2c(-c3ccc(F)cc3)nc3n2C(COc2cc(C)c4ccccc4n2)CC3)n1. The Hall–Kier alpha value is -4.33. The quantitative estimate of drug-likeness (QED) is 0.215. The first-order valence-corrected chi connectivity index (χ1v) is 13.5. The number of anilines is 1. The zero-order valence-corrected chi connectivity index (χ0v) is 22.2. The van der Waals surface area contributed by atoms with Crippen LogP contribution < -0.4 is 10.1 Å². The molecule has 5 aromatic rings. The molecule has 0 aliphatic carbocycles. The molecule has 1 N–H and O–H groups in total. The van der Waals surface area contributed by atoms with Crippen molar-refractivity contribution in [2.24, 2.45) is 0 Å². The largest absolute Gasteiger partial charge is 0.475 e. The highest BCUT2D eigenvalue weighted by atomic mass is 19.1. The second-order valence-electron chi connectivity index (χ2n) is 9.95. The van der Waals surface area contributed by atoms with Gasteiger partial charge in [0, 0.05) is 36.2 Å². The van der Waals surface area contributed by atoms with E-state index in [0.29, 0.717) is 18.4 Å². The Balaban J connectivity index is 1.36. The van der Waals surface area contributed by atoms with Gasteiger partial charge in [-0.2, -0.15) is 0 Å². The topological polar surface area (TPSA) is 77.8 Å². The van der Waals surface area contributed by atoms with Gasteiger partial charge in [-0.3, -0.25) is 0 Å². The number of imidazole rings is 1. The molecule has 0 fully saturated rings. The number of rotatable bonds is 9. The van der Waals surface area contributed by atoms with Gasteiger partial charge in [0.2, 0.25) is 11.8 Å². The summed E-state index contributed by atoms with van der Waals surface area (Å²) in [7, 11) is 0. The van der Waals surface area contributed by atoms with E-state index >= 15 is 0 Å². The number of hydrogen-bond acceptors (Lipinski definition) is 6. The van der Waals surface area contributed by atoms with Crippen molar-refractivity contribution in [2.75, 3.05) is 18.5 Å². The van der Waals surface area contributed by atoms with E-state index in [4.69, 9.17) is 19.7 Å². The van der Waals surface area contributed by atoms with E-state index < -0.39 is 0 Å². The smallest absolute Gasteiger partial charge is 0.223 e. The van der Waals surface area contributed by atoms with E-state index in [-0.39, 0.29) is 11.9 Å². The summed E-state index contributed by atoms with van der Waals surface area (Å²) in [5.74, 6) is 1.90. The van der Waals surface area contributed by atoms with Crippen molar-refractivity contribution in [1.82, 2.24) is 24.5 Å². The standard InChI is InChI=1S/C31H31FN6O/c1-3-4-16-33-31-34-17-15-26(36-31)30-29(21-9-11-22(32)12-10-21)37-27-14-13-23(38(27)30)19-39-28-18-20(2)24-7-5-6-8-25(24)35-28/h5-12,15,17-18,23H,3-4,13-14,16,19H2,1-2H3,(H,33,34,36). The van der Waals surface area contributed by atoms with Crippen LogP contribution in [0.3, 0.4) is 0 Å². The molecule has 198 valence electrons. The average Bonchev–Trinajstić information content (AvgIpc) is 3.52. The summed E-state index contributed by atoms with van der Waals surface area (Å²) in [5, 5.41) is 4.45. The summed E-state index contributed by atoms with van der Waals surface area (Å²) >= 11 is 0. The molecule has 1 atom stereocenters. The third kappa shape index (κ3) is 5.06. The molecule has 7 nitrogen and oxygen atoms in total. The Bertz CT molecular complexity index is 1610.